The fraction of sp³-hybridized carbons (Fsp3) is 0.867. The van der Waals surface area contributed by atoms with Gasteiger partial charge in [0.1, 0.15) is 8.24 Å². The summed E-state index contributed by atoms with van der Waals surface area (Å²) < 4.78 is 3.00. The summed E-state index contributed by atoms with van der Waals surface area (Å²) in [4.78, 5) is 0. The van der Waals surface area contributed by atoms with Crippen LogP contribution < -0.4 is 5.32 Å². The number of nitrogens with zero attached hydrogens (tertiary/aromatic N) is 1. The van der Waals surface area contributed by atoms with Crippen molar-refractivity contribution in [2.45, 2.75) is 64.8 Å². The summed E-state index contributed by atoms with van der Waals surface area (Å²) in [6.45, 7) is 15.5. The lowest BCUT2D eigenvalue weighted by atomic mass is 10.3. The minimum absolute atomic E-state index is 0.0152. The van der Waals surface area contributed by atoms with Crippen LogP contribution in [0.15, 0.2) is 11.3 Å². The van der Waals surface area contributed by atoms with Crippen molar-refractivity contribution in [2.75, 3.05) is 19.6 Å². The average molecular weight is 299 g/mol. The molecule has 0 spiro atoms. The van der Waals surface area contributed by atoms with E-state index in [2.05, 4.69) is 50.2 Å². The Morgan fingerprint density at radius 3 is 2.42 bits per heavy atom. The van der Waals surface area contributed by atoms with Crippen molar-refractivity contribution >= 4 is 17.8 Å². The second kappa shape index (κ2) is 8.40. The lowest BCUT2D eigenvalue weighted by molar-refractivity contribution is 0.271. The molecule has 1 unspecified atom stereocenters. The van der Waals surface area contributed by atoms with Crippen LogP contribution in [0.2, 0.25) is 24.2 Å². The first-order valence-corrected chi connectivity index (χ1v) is 12.6. The maximum atomic E-state index is 3.63. The fourth-order valence-corrected chi connectivity index (χ4v) is 9.77. The molecule has 0 aromatic rings. The van der Waals surface area contributed by atoms with Crippen molar-refractivity contribution in [3.63, 3.8) is 0 Å². The second-order valence-corrected chi connectivity index (χ2v) is 12.9. The molecule has 0 bridgehead atoms. The molecular formula is C15H34N2Si2. The van der Waals surface area contributed by atoms with Crippen LogP contribution in [-0.2, 0) is 0 Å². The van der Waals surface area contributed by atoms with Gasteiger partial charge in [-0.15, -0.1) is 5.70 Å². The highest BCUT2D eigenvalue weighted by Gasteiger charge is 2.39. The van der Waals surface area contributed by atoms with Gasteiger partial charge in [-0.1, -0.05) is 26.3 Å². The van der Waals surface area contributed by atoms with Gasteiger partial charge in [0, 0.05) is 35.2 Å². The summed E-state index contributed by atoms with van der Waals surface area (Å²) in [5.74, 6) is 0. The number of hydrogen-bond donors (Lipinski definition) is 1. The molecule has 0 amide bonds. The Morgan fingerprint density at radius 2 is 1.89 bits per heavy atom. The van der Waals surface area contributed by atoms with Gasteiger partial charge in [0.05, 0.1) is 0 Å². The standard InChI is InChI=1S/C15H34N2Si2/c1-6-19(7-2,8-3)17-10-9-16-11-15(17)13-18-12-14(4)5/h12,15-16H,6-11,13,18H2,1-5H3. The maximum absolute atomic E-state index is 3.63. The van der Waals surface area contributed by atoms with Crippen molar-refractivity contribution in [1.29, 1.82) is 0 Å². The molecule has 1 saturated heterocycles. The number of nitrogens with one attached hydrogen (secondary N) is 1. The molecular weight excluding hydrogens is 264 g/mol. The van der Waals surface area contributed by atoms with Crippen molar-refractivity contribution in [1.82, 2.24) is 9.88 Å². The number of allylic oxidation sites excluding steroid dienone is 1. The summed E-state index contributed by atoms with van der Waals surface area (Å²) in [5, 5.41) is 3.63. The molecule has 2 nitrogen and oxygen atoms in total. The van der Waals surface area contributed by atoms with Crippen LogP contribution in [-0.4, -0.2) is 48.0 Å². The SMILES string of the molecule is CC[Si](CC)(CC)N1CCNCC1C[SiH2]C=C(C)C. The largest absolute Gasteiger partial charge is 0.318 e. The fourth-order valence-electron chi connectivity index (χ4n) is 3.57. The topological polar surface area (TPSA) is 15.3 Å². The van der Waals surface area contributed by atoms with Crippen LogP contribution in [0.4, 0.5) is 0 Å². The minimum atomic E-state index is -1.16. The normalized spacial score (nSPS) is 22.1. The van der Waals surface area contributed by atoms with Crippen LogP contribution >= 0.6 is 0 Å². The molecule has 4 heteroatoms. The smallest absolute Gasteiger partial charge is 0.127 e. The molecule has 0 radical (unpaired) electrons. The van der Waals surface area contributed by atoms with Crippen molar-refractivity contribution in [3.05, 3.63) is 11.3 Å². The molecule has 0 aromatic heterocycles. The molecule has 0 saturated carbocycles. The molecule has 1 rings (SSSR count). The van der Waals surface area contributed by atoms with Crippen LogP contribution in [0, 0.1) is 0 Å². The molecule has 1 atom stereocenters. The Kier molecular flexibility index (Phi) is 7.58. The van der Waals surface area contributed by atoms with Crippen molar-refractivity contribution < 1.29 is 0 Å². The Labute approximate surface area is 123 Å². The Balaban J connectivity index is 2.73. The van der Waals surface area contributed by atoms with Crippen LogP contribution in [0.5, 0.6) is 0 Å². The molecule has 1 heterocycles. The second-order valence-electron chi connectivity index (χ2n) is 6.20. The molecule has 1 N–H and O–H groups in total. The molecule has 0 aliphatic carbocycles. The zero-order chi connectivity index (χ0) is 14.3. The zero-order valence-corrected chi connectivity index (χ0v) is 16.2. The lowest BCUT2D eigenvalue weighted by Crippen LogP contribution is -2.63. The van der Waals surface area contributed by atoms with Gasteiger partial charge in [0.2, 0.25) is 0 Å². The summed E-state index contributed by atoms with van der Waals surface area (Å²) >= 11 is 0. The van der Waals surface area contributed by atoms with E-state index in [1.807, 2.05) is 0 Å². The summed E-state index contributed by atoms with van der Waals surface area (Å²) in [5.41, 5.74) is 4.06. The highest BCUT2D eigenvalue weighted by molar-refractivity contribution is 6.77. The number of rotatable bonds is 7. The summed E-state index contributed by atoms with van der Waals surface area (Å²) in [6.07, 6.45) is 0. The van der Waals surface area contributed by atoms with Gasteiger partial charge in [-0.3, -0.25) is 0 Å². The molecule has 1 aliphatic heterocycles. The highest BCUT2D eigenvalue weighted by atomic mass is 28.3. The first-order chi connectivity index (χ1) is 9.09. The van der Waals surface area contributed by atoms with Gasteiger partial charge in [-0.05, 0) is 38.0 Å². The Morgan fingerprint density at radius 1 is 1.26 bits per heavy atom. The quantitative estimate of drug-likeness (QED) is 0.727. The number of piperazine rings is 1. The first kappa shape index (κ1) is 17.1. The molecule has 112 valence electrons. The van der Waals surface area contributed by atoms with E-state index in [-0.39, 0.29) is 9.52 Å². The van der Waals surface area contributed by atoms with E-state index < -0.39 is 8.24 Å². The molecule has 1 aliphatic rings. The van der Waals surface area contributed by atoms with Crippen LogP contribution in [0.1, 0.15) is 34.6 Å². The van der Waals surface area contributed by atoms with E-state index >= 15 is 0 Å². The summed E-state index contributed by atoms with van der Waals surface area (Å²) in [6, 6.07) is 6.59. The predicted octanol–water partition coefficient (Wildman–Crippen LogP) is 2.78. The Hall–Kier alpha value is 0.0938. The van der Waals surface area contributed by atoms with Gasteiger partial charge in [0.25, 0.3) is 0 Å². The monoisotopic (exact) mass is 298 g/mol. The number of hydrogen-bond acceptors (Lipinski definition) is 2. The van der Waals surface area contributed by atoms with E-state index in [1.165, 1.54) is 49.4 Å². The highest BCUT2D eigenvalue weighted by Crippen LogP contribution is 2.28. The molecule has 0 aromatic carbocycles. The summed E-state index contributed by atoms with van der Waals surface area (Å²) in [7, 11) is -1.18. The lowest BCUT2D eigenvalue weighted by Gasteiger charge is -2.48. The first-order valence-electron chi connectivity index (χ1n) is 8.20. The van der Waals surface area contributed by atoms with E-state index in [4.69, 9.17) is 0 Å². The molecule has 1 fully saturated rings. The van der Waals surface area contributed by atoms with E-state index in [9.17, 15) is 0 Å². The van der Waals surface area contributed by atoms with Crippen molar-refractivity contribution in [3.8, 4) is 0 Å². The van der Waals surface area contributed by atoms with E-state index in [0.717, 1.165) is 6.04 Å². The van der Waals surface area contributed by atoms with Crippen LogP contribution in [0.3, 0.4) is 0 Å². The third-order valence-electron chi connectivity index (χ3n) is 4.99. The van der Waals surface area contributed by atoms with Gasteiger partial charge in [0.15, 0.2) is 0 Å². The van der Waals surface area contributed by atoms with E-state index in [0.29, 0.717) is 0 Å². The van der Waals surface area contributed by atoms with Gasteiger partial charge >= 0.3 is 0 Å². The van der Waals surface area contributed by atoms with Crippen LogP contribution in [0.25, 0.3) is 0 Å². The minimum Gasteiger partial charge on any atom is -0.318 e. The van der Waals surface area contributed by atoms with Gasteiger partial charge in [-0.2, -0.15) is 0 Å². The van der Waals surface area contributed by atoms with Gasteiger partial charge < -0.3 is 9.88 Å². The maximum Gasteiger partial charge on any atom is 0.127 e. The van der Waals surface area contributed by atoms with Crippen molar-refractivity contribution in [2.24, 2.45) is 0 Å². The average Bonchev–Trinajstić information content (AvgIpc) is 2.42. The van der Waals surface area contributed by atoms with E-state index in [1.54, 1.807) is 0 Å². The third-order valence-corrected chi connectivity index (χ3v) is 12.8. The van der Waals surface area contributed by atoms with Gasteiger partial charge in [-0.25, -0.2) is 0 Å². The predicted molar refractivity (Wildman–Crippen MR) is 93.3 cm³/mol. The zero-order valence-electron chi connectivity index (χ0n) is 13.8. The Bertz CT molecular complexity index is 276. The molecule has 19 heavy (non-hydrogen) atoms. The third kappa shape index (κ3) is 4.55.